The Kier molecular flexibility index (Phi) is 5.33. The summed E-state index contributed by atoms with van der Waals surface area (Å²) in [6.45, 7) is 24.1. The number of hydrogen-bond acceptors (Lipinski definition) is 0. The van der Waals surface area contributed by atoms with Crippen LogP contribution in [0.15, 0.2) is 0 Å². The molecule has 0 spiro atoms. The third-order valence-corrected chi connectivity index (χ3v) is 4.38. The highest BCUT2D eigenvalue weighted by molar-refractivity contribution is 4.99. The van der Waals surface area contributed by atoms with Gasteiger partial charge < -0.3 is 0 Å². The minimum atomic E-state index is 0.361. The Morgan fingerprint density at radius 3 is 0.941 bits per heavy atom. The molecule has 0 aromatic carbocycles. The van der Waals surface area contributed by atoms with Gasteiger partial charge in [-0.2, -0.15) is 0 Å². The van der Waals surface area contributed by atoms with Crippen LogP contribution in [-0.2, 0) is 0 Å². The van der Waals surface area contributed by atoms with Gasteiger partial charge in [0.05, 0.1) is 0 Å². The molecule has 0 heterocycles. The highest BCUT2D eigenvalue weighted by atomic mass is 14.5. The van der Waals surface area contributed by atoms with Gasteiger partial charge >= 0.3 is 0 Å². The van der Waals surface area contributed by atoms with Crippen LogP contribution in [0.2, 0.25) is 0 Å². The van der Waals surface area contributed by atoms with Crippen molar-refractivity contribution < 1.29 is 0 Å². The lowest BCUT2D eigenvalue weighted by Crippen LogP contribution is -2.48. The molecule has 0 rings (SSSR count). The standard InChI is InChI=1S/C17H36/c1-13(2)11-17(12-14(3)4,15(5,6)7)16(8,9)10/h13-14H,11-12H2,1-10H3. The second kappa shape index (κ2) is 5.33. The molecular weight excluding hydrogens is 204 g/mol. The molecule has 0 atom stereocenters. The summed E-state index contributed by atoms with van der Waals surface area (Å²) in [5.74, 6) is 1.54. The van der Waals surface area contributed by atoms with E-state index in [1.165, 1.54) is 12.8 Å². The van der Waals surface area contributed by atoms with Gasteiger partial charge in [0.15, 0.2) is 0 Å². The fraction of sp³-hybridized carbons (Fsp3) is 1.00. The summed E-state index contributed by atoms with van der Waals surface area (Å²) in [6.07, 6.45) is 2.66. The second-order valence-electron chi connectivity index (χ2n) is 8.78. The first kappa shape index (κ1) is 17.0. The quantitative estimate of drug-likeness (QED) is 0.552. The van der Waals surface area contributed by atoms with Gasteiger partial charge in [-0.25, -0.2) is 0 Å². The van der Waals surface area contributed by atoms with Gasteiger partial charge in [0.1, 0.15) is 0 Å². The van der Waals surface area contributed by atoms with E-state index in [4.69, 9.17) is 0 Å². The first-order chi connectivity index (χ1) is 7.33. The zero-order valence-corrected chi connectivity index (χ0v) is 14.1. The molecule has 0 aliphatic carbocycles. The molecule has 0 saturated carbocycles. The molecule has 0 aromatic heterocycles. The van der Waals surface area contributed by atoms with E-state index in [9.17, 15) is 0 Å². The smallest absolute Gasteiger partial charge is 0.0195 e. The molecule has 0 radical (unpaired) electrons. The van der Waals surface area contributed by atoms with Gasteiger partial charge in [0.25, 0.3) is 0 Å². The maximum Gasteiger partial charge on any atom is -0.0195 e. The van der Waals surface area contributed by atoms with Crippen LogP contribution in [0, 0.1) is 28.1 Å². The van der Waals surface area contributed by atoms with Gasteiger partial charge in [-0.15, -0.1) is 0 Å². The van der Waals surface area contributed by atoms with Gasteiger partial charge in [0, 0.05) is 0 Å². The normalized spacial score (nSPS) is 14.8. The summed E-state index contributed by atoms with van der Waals surface area (Å²) in [6, 6.07) is 0. The molecular formula is C17H36. The molecule has 0 aliphatic rings. The predicted molar refractivity (Wildman–Crippen MR) is 80.3 cm³/mol. The summed E-state index contributed by atoms with van der Waals surface area (Å²) in [5, 5.41) is 0. The van der Waals surface area contributed by atoms with Gasteiger partial charge in [-0.1, -0.05) is 69.2 Å². The Bertz CT molecular complexity index is 193. The summed E-state index contributed by atoms with van der Waals surface area (Å²) < 4.78 is 0. The Hall–Kier alpha value is 0. The first-order valence-corrected chi connectivity index (χ1v) is 7.33. The van der Waals surface area contributed by atoms with E-state index in [0.29, 0.717) is 16.2 Å². The third kappa shape index (κ3) is 4.00. The number of rotatable bonds is 4. The van der Waals surface area contributed by atoms with Crippen molar-refractivity contribution in [2.24, 2.45) is 28.1 Å². The SMILES string of the molecule is CC(C)CC(CC(C)C)(C(C)(C)C)C(C)(C)C. The van der Waals surface area contributed by atoms with Crippen molar-refractivity contribution in [3.8, 4) is 0 Å². The monoisotopic (exact) mass is 240 g/mol. The van der Waals surface area contributed by atoms with Crippen LogP contribution >= 0.6 is 0 Å². The average Bonchev–Trinajstić information content (AvgIpc) is 1.96. The largest absolute Gasteiger partial charge is 0.0628 e. The zero-order valence-electron chi connectivity index (χ0n) is 14.1. The highest BCUT2D eigenvalue weighted by Crippen LogP contribution is 2.58. The minimum Gasteiger partial charge on any atom is -0.0628 e. The van der Waals surface area contributed by atoms with Crippen molar-refractivity contribution in [2.45, 2.75) is 82.1 Å². The van der Waals surface area contributed by atoms with E-state index in [1.54, 1.807) is 0 Å². The maximum atomic E-state index is 2.43. The molecule has 0 amide bonds. The lowest BCUT2D eigenvalue weighted by molar-refractivity contribution is -0.0673. The van der Waals surface area contributed by atoms with Crippen LogP contribution < -0.4 is 0 Å². The summed E-state index contributed by atoms with van der Waals surface area (Å²) in [5.41, 5.74) is 1.14. The lowest BCUT2D eigenvalue weighted by atomic mass is 9.49. The van der Waals surface area contributed by atoms with Crippen LogP contribution in [0.4, 0.5) is 0 Å². The van der Waals surface area contributed by atoms with Gasteiger partial charge in [-0.05, 0) is 40.9 Å². The summed E-state index contributed by atoms with van der Waals surface area (Å²) in [7, 11) is 0. The third-order valence-electron chi connectivity index (χ3n) is 4.38. The predicted octanol–water partition coefficient (Wildman–Crippen LogP) is 6.16. The highest BCUT2D eigenvalue weighted by Gasteiger charge is 2.50. The van der Waals surface area contributed by atoms with Crippen molar-refractivity contribution in [3.05, 3.63) is 0 Å². The molecule has 0 aromatic rings. The summed E-state index contributed by atoms with van der Waals surface area (Å²) >= 11 is 0. The fourth-order valence-corrected chi connectivity index (χ4v) is 3.83. The molecule has 0 nitrogen and oxygen atoms in total. The molecule has 17 heavy (non-hydrogen) atoms. The minimum absolute atomic E-state index is 0.361. The number of hydrogen-bond donors (Lipinski definition) is 0. The van der Waals surface area contributed by atoms with Crippen molar-refractivity contribution in [3.63, 3.8) is 0 Å². The Morgan fingerprint density at radius 2 is 0.824 bits per heavy atom. The van der Waals surface area contributed by atoms with E-state index >= 15 is 0 Å². The van der Waals surface area contributed by atoms with E-state index in [0.717, 1.165) is 11.8 Å². The van der Waals surface area contributed by atoms with E-state index in [1.807, 2.05) is 0 Å². The summed E-state index contributed by atoms with van der Waals surface area (Å²) in [4.78, 5) is 0. The fourth-order valence-electron chi connectivity index (χ4n) is 3.83. The Labute approximate surface area is 111 Å². The van der Waals surface area contributed by atoms with Crippen molar-refractivity contribution >= 4 is 0 Å². The zero-order chi connectivity index (χ0) is 14.1. The molecule has 0 fully saturated rings. The topological polar surface area (TPSA) is 0 Å². The lowest BCUT2D eigenvalue weighted by Gasteiger charge is -2.56. The van der Waals surface area contributed by atoms with Gasteiger partial charge in [0.2, 0.25) is 0 Å². The Balaban J connectivity index is 5.55. The van der Waals surface area contributed by atoms with Gasteiger partial charge in [-0.3, -0.25) is 0 Å². The van der Waals surface area contributed by atoms with Crippen LogP contribution in [0.25, 0.3) is 0 Å². The molecule has 0 bridgehead atoms. The van der Waals surface area contributed by atoms with E-state index in [2.05, 4.69) is 69.2 Å². The second-order valence-corrected chi connectivity index (χ2v) is 8.78. The first-order valence-electron chi connectivity index (χ1n) is 7.33. The van der Waals surface area contributed by atoms with Crippen molar-refractivity contribution in [2.75, 3.05) is 0 Å². The van der Waals surface area contributed by atoms with E-state index < -0.39 is 0 Å². The molecule has 0 unspecified atom stereocenters. The molecule has 0 N–H and O–H groups in total. The molecule has 104 valence electrons. The molecule has 0 heteroatoms. The molecule has 0 saturated heterocycles. The van der Waals surface area contributed by atoms with Crippen LogP contribution in [0.3, 0.4) is 0 Å². The van der Waals surface area contributed by atoms with Crippen molar-refractivity contribution in [1.82, 2.24) is 0 Å². The molecule has 0 aliphatic heterocycles. The van der Waals surface area contributed by atoms with Crippen LogP contribution in [0.5, 0.6) is 0 Å². The Morgan fingerprint density at radius 1 is 0.588 bits per heavy atom. The maximum absolute atomic E-state index is 2.43. The van der Waals surface area contributed by atoms with Crippen LogP contribution in [0.1, 0.15) is 82.1 Å². The van der Waals surface area contributed by atoms with E-state index in [-0.39, 0.29) is 0 Å². The average molecular weight is 240 g/mol. The van der Waals surface area contributed by atoms with Crippen LogP contribution in [-0.4, -0.2) is 0 Å². The van der Waals surface area contributed by atoms with Crippen molar-refractivity contribution in [1.29, 1.82) is 0 Å².